The van der Waals surface area contributed by atoms with Gasteiger partial charge in [-0.2, -0.15) is 11.8 Å². The minimum Gasteiger partial charge on any atom is -0.165 e. The van der Waals surface area contributed by atoms with E-state index in [2.05, 4.69) is 13.2 Å². The first-order valence-electron chi connectivity index (χ1n) is 4.87. The fourth-order valence-electron chi connectivity index (χ4n) is 2.03. The molecule has 0 aliphatic heterocycles. The van der Waals surface area contributed by atoms with Gasteiger partial charge in [-0.3, -0.25) is 0 Å². The second kappa shape index (κ2) is 5.39. The Hall–Kier alpha value is 0.640. The van der Waals surface area contributed by atoms with E-state index < -0.39 is 0 Å². The Balaban J connectivity index is 2.28. The molecular formula is C10H19ClS. The van der Waals surface area contributed by atoms with Crippen LogP contribution in [0.3, 0.4) is 0 Å². The predicted octanol–water partition coefficient (Wildman–Crippen LogP) is 3.78. The minimum absolute atomic E-state index is 0.466. The third kappa shape index (κ3) is 3.18. The van der Waals surface area contributed by atoms with Crippen molar-refractivity contribution in [3.63, 3.8) is 0 Å². The zero-order valence-electron chi connectivity index (χ0n) is 8.05. The summed E-state index contributed by atoms with van der Waals surface area (Å²) in [5.74, 6) is 2.98. The first kappa shape index (κ1) is 10.7. The molecule has 2 heteroatoms. The minimum atomic E-state index is 0.466. The Labute approximate surface area is 85.4 Å². The van der Waals surface area contributed by atoms with Crippen LogP contribution in [-0.4, -0.2) is 17.4 Å². The van der Waals surface area contributed by atoms with Gasteiger partial charge in [0.1, 0.15) is 0 Å². The SMILES string of the molecule is CSCCC1CC(C)CCC1Cl. The molecule has 0 spiro atoms. The average molecular weight is 207 g/mol. The molecule has 1 rings (SSSR count). The molecule has 1 saturated carbocycles. The summed E-state index contributed by atoms with van der Waals surface area (Å²) in [7, 11) is 0. The van der Waals surface area contributed by atoms with Crippen LogP contribution in [0.5, 0.6) is 0 Å². The second-order valence-corrected chi connectivity index (χ2v) is 5.52. The molecule has 3 atom stereocenters. The summed E-state index contributed by atoms with van der Waals surface area (Å²) in [5.41, 5.74) is 0. The van der Waals surface area contributed by atoms with Crippen molar-refractivity contribution in [3.8, 4) is 0 Å². The lowest BCUT2D eigenvalue weighted by Crippen LogP contribution is -2.24. The van der Waals surface area contributed by atoms with Crippen molar-refractivity contribution in [3.05, 3.63) is 0 Å². The summed E-state index contributed by atoms with van der Waals surface area (Å²) in [6.07, 6.45) is 7.43. The van der Waals surface area contributed by atoms with E-state index in [1.165, 1.54) is 31.4 Å². The van der Waals surface area contributed by atoms with Gasteiger partial charge < -0.3 is 0 Å². The molecule has 1 fully saturated rings. The van der Waals surface area contributed by atoms with Crippen molar-refractivity contribution in [2.24, 2.45) is 11.8 Å². The molecule has 0 saturated heterocycles. The van der Waals surface area contributed by atoms with Gasteiger partial charge in [-0.15, -0.1) is 11.6 Å². The standard InChI is InChI=1S/C10H19ClS/c1-8-3-4-10(11)9(7-8)5-6-12-2/h8-10H,3-7H2,1-2H3. The van der Waals surface area contributed by atoms with Gasteiger partial charge in [-0.25, -0.2) is 0 Å². The van der Waals surface area contributed by atoms with Crippen molar-refractivity contribution in [2.75, 3.05) is 12.0 Å². The van der Waals surface area contributed by atoms with E-state index in [4.69, 9.17) is 11.6 Å². The van der Waals surface area contributed by atoms with E-state index in [0.29, 0.717) is 5.38 Å². The van der Waals surface area contributed by atoms with Crippen LogP contribution < -0.4 is 0 Å². The van der Waals surface area contributed by atoms with Gasteiger partial charge in [0.15, 0.2) is 0 Å². The Morgan fingerprint density at radius 1 is 1.42 bits per heavy atom. The monoisotopic (exact) mass is 206 g/mol. The molecule has 0 amide bonds. The summed E-state index contributed by atoms with van der Waals surface area (Å²) in [6.45, 7) is 2.36. The Morgan fingerprint density at radius 2 is 2.17 bits per heavy atom. The molecule has 3 unspecified atom stereocenters. The molecule has 1 aliphatic carbocycles. The predicted molar refractivity (Wildman–Crippen MR) is 59.1 cm³/mol. The van der Waals surface area contributed by atoms with E-state index in [1.807, 2.05) is 11.8 Å². The zero-order valence-corrected chi connectivity index (χ0v) is 9.63. The smallest absolute Gasteiger partial charge is 0.0364 e. The highest BCUT2D eigenvalue weighted by Gasteiger charge is 2.26. The van der Waals surface area contributed by atoms with Gasteiger partial charge >= 0.3 is 0 Å². The maximum absolute atomic E-state index is 6.27. The fourth-order valence-corrected chi connectivity index (χ4v) is 2.92. The molecule has 0 aromatic carbocycles. The number of hydrogen-bond acceptors (Lipinski definition) is 1. The second-order valence-electron chi connectivity index (χ2n) is 3.98. The third-order valence-corrected chi connectivity index (χ3v) is 4.06. The van der Waals surface area contributed by atoms with Crippen molar-refractivity contribution >= 4 is 23.4 Å². The molecule has 12 heavy (non-hydrogen) atoms. The number of halogens is 1. The number of hydrogen-bond donors (Lipinski definition) is 0. The van der Waals surface area contributed by atoms with Crippen molar-refractivity contribution in [1.82, 2.24) is 0 Å². The summed E-state index contributed by atoms with van der Waals surface area (Å²) in [4.78, 5) is 0. The van der Waals surface area contributed by atoms with Crippen LogP contribution in [0.2, 0.25) is 0 Å². The number of alkyl halides is 1. The molecule has 0 aromatic heterocycles. The normalized spacial score (nSPS) is 36.8. The van der Waals surface area contributed by atoms with Gasteiger partial charge in [0.25, 0.3) is 0 Å². The Bertz CT molecular complexity index is 127. The first-order chi connectivity index (χ1) is 5.74. The first-order valence-corrected chi connectivity index (χ1v) is 6.70. The highest BCUT2D eigenvalue weighted by Crippen LogP contribution is 2.34. The van der Waals surface area contributed by atoms with Crippen LogP contribution >= 0.6 is 23.4 Å². The zero-order chi connectivity index (χ0) is 8.97. The highest BCUT2D eigenvalue weighted by atomic mass is 35.5. The topological polar surface area (TPSA) is 0 Å². The lowest BCUT2D eigenvalue weighted by Gasteiger charge is -2.31. The van der Waals surface area contributed by atoms with Gasteiger partial charge in [0.05, 0.1) is 0 Å². The van der Waals surface area contributed by atoms with Crippen LogP contribution in [0.1, 0.15) is 32.6 Å². The largest absolute Gasteiger partial charge is 0.165 e. The molecule has 72 valence electrons. The maximum atomic E-state index is 6.27. The van der Waals surface area contributed by atoms with Crippen LogP contribution in [0.4, 0.5) is 0 Å². The lowest BCUT2D eigenvalue weighted by molar-refractivity contribution is 0.284. The molecule has 0 heterocycles. The summed E-state index contributed by atoms with van der Waals surface area (Å²) in [6, 6.07) is 0. The van der Waals surface area contributed by atoms with E-state index in [9.17, 15) is 0 Å². The summed E-state index contributed by atoms with van der Waals surface area (Å²) in [5, 5.41) is 0.466. The quantitative estimate of drug-likeness (QED) is 0.634. The van der Waals surface area contributed by atoms with E-state index in [0.717, 1.165) is 11.8 Å². The van der Waals surface area contributed by atoms with Crippen LogP contribution in [0, 0.1) is 11.8 Å². The highest BCUT2D eigenvalue weighted by molar-refractivity contribution is 7.98. The fraction of sp³-hybridized carbons (Fsp3) is 1.00. The van der Waals surface area contributed by atoms with E-state index >= 15 is 0 Å². The van der Waals surface area contributed by atoms with Crippen molar-refractivity contribution < 1.29 is 0 Å². The van der Waals surface area contributed by atoms with Crippen LogP contribution in [-0.2, 0) is 0 Å². The molecular weight excluding hydrogens is 188 g/mol. The molecule has 0 bridgehead atoms. The van der Waals surface area contributed by atoms with Gasteiger partial charge in [-0.1, -0.05) is 6.92 Å². The van der Waals surface area contributed by atoms with E-state index in [1.54, 1.807) is 0 Å². The number of rotatable bonds is 3. The average Bonchev–Trinajstić information content (AvgIpc) is 2.07. The number of thioether (sulfide) groups is 1. The summed E-state index contributed by atoms with van der Waals surface area (Å²) >= 11 is 8.21. The molecule has 1 aliphatic rings. The van der Waals surface area contributed by atoms with Gasteiger partial charge in [0.2, 0.25) is 0 Å². The van der Waals surface area contributed by atoms with Crippen molar-refractivity contribution in [1.29, 1.82) is 0 Å². The maximum Gasteiger partial charge on any atom is 0.0364 e. The summed E-state index contributed by atoms with van der Waals surface area (Å²) < 4.78 is 0. The Morgan fingerprint density at radius 3 is 2.83 bits per heavy atom. The van der Waals surface area contributed by atoms with Gasteiger partial charge in [0, 0.05) is 5.38 Å². The van der Waals surface area contributed by atoms with E-state index in [-0.39, 0.29) is 0 Å². The Kier molecular flexibility index (Phi) is 4.81. The van der Waals surface area contributed by atoms with Crippen LogP contribution in [0.25, 0.3) is 0 Å². The van der Waals surface area contributed by atoms with Gasteiger partial charge in [-0.05, 0) is 49.5 Å². The van der Waals surface area contributed by atoms with Crippen molar-refractivity contribution in [2.45, 2.75) is 38.0 Å². The molecule has 0 radical (unpaired) electrons. The van der Waals surface area contributed by atoms with Crippen LogP contribution in [0.15, 0.2) is 0 Å². The molecule has 0 aromatic rings. The third-order valence-electron chi connectivity index (χ3n) is 2.84. The lowest BCUT2D eigenvalue weighted by atomic mass is 9.81. The molecule has 0 N–H and O–H groups in total. The molecule has 0 nitrogen and oxygen atoms in total.